The fraction of sp³-hybridized carbons (Fsp3) is 0.692. The molecule has 0 aliphatic heterocycles. The van der Waals surface area contributed by atoms with E-state index in [1.807, 2.05) is 0 Å². The van der Waals surface area contributed by atoms with Gasteiger partial charge in [0.15, 0.2) is 0 Å². The SMILES string of the molecule is CC(C)COc1cccc(CCCCCCCC(=O)O)c1CCCCCCCC(=O)O. The molecule has 0 saturated carbocycles. The van der Waals surface area contributed by atoms with Crippen molar-refractivity contribution in [2.75, 3.05) is 6.61 Å². The molecule has 31 heavy (non-hydrogen) atoms. The molecule has 1 aromatic carbocycles. The number of carboxylic acid groups (broad SMARTS) is 2. The van der Waals surface area contributed by atoms with E-state index in [2.05, 4.69) is 32.0 Å². The van der Waals surface area contributed by atoms with Gasteiger partial charge in [0, 0.05) is 12.8 Å². The Morgan fingerprint density at radius 3 is 1.84 bits per heavy atom. The molecular formula is C26H42O5. The van der Waals surface area contributed by atoms with Crippen molar-refractivity contribution < 1.29 is 24.5 Å². The summed E-state index contributed by atoms with van der Waals surface area (Å²) in [4.78, 5) is 21.2. The van der Waals surface area contributed by atoms with Crippen LogP contribution >= 0.6 is 0 Å². The quantitative estimate of drug-likeness (QED) is 0.238. The van der Waals surface area contributed by atoms with Gasteiger partial charge in [-0.15, -0.1) is 0 Å². The Kier molecular flexibility index (Phi) is 14.5. The van der Waals surface area contributed by atoms with Gasteiger partial charge in [-0.3, -0.25) is 9.59 Å². The summed E-state index contributed by atoms with van der Waals surface area (Å²) >= 11 is 0. The van der Waals surface area contributed by atoms with E-state index in [0.29, 0.717) is 5.92 Å². The zero-order valence-corrected chi connectivity index (χ0v) is 19.5. The lowest BCUT2D eigenvalue weighted by Crippen LogP contribution is -2.08. The minimum atomic E-state index is -0.706. The molecule has 0 aromatic heterocycles. The standard InChI is InChI=1S/C26H42O5/c1-21(2)20-31-24-17-13-15-22(14-9-5-3-7-11-18-25(27)28)23(24)16-10-6-4-8-12-19-26(29)30/h13,15,17,21H,3-12,14,16,18-20H2,1-2H3,(H,27,28)(H,29,30). The summed E-state index contributed by atoms with van der Waals surface area (Å²) in [5.41, 5.74) is 2.71. The Bertz CT molecular complexity index is 639. The third-order valence-corrected chi connectivity index (χ3v) is 5.46. The Balaban J connectivity index is 2.52. The van der Waals surface area contributed by atoms with E-state index in [0.717, 1.165) is 89.4 Å². The number of hydrogen-bond acceptors (Lipinski definition) is 3. The van der Waals surface area contributed by atoms with Crippen molar-refractivity contribution in [2.45, 2.75) is 104 Å². The molecule has 0 aliphatic rings. The van der Waals surface area contributed by atoms with Gasteiger partial charge in [-0.05, 0) is 61.6 Å². The molecule has 176 valence electrons. The lowest BCUT2D eigenvalue weighted by Gasteiger charge is -2.17. The van der Waals surface area contributed by atoms with Crippen LogP contribution in [0.2, 0.25) is 0 Å². The van der Waals surface area contributed by atoms with Crippen LogP contribution in [0.4, 0.5) is 0 Å². The second kappa shape index (κ2) is 16.6. The number of carbonyl (C=O) groups is 2. The predicted molar refractivity (Wildman–Crippen MR) is 125 cm³/mol. The summed E-state index contributed by atoms with van der Waals surface area (Å²) in [5, 5.41) is 17.4. The molecule has 0 saturated heterocycles. The first-order valence-corrected chi connectivity index (χ1v) is 12.1. The fourth-order valence-corrected chi connectivity index (χ4v) is 3.75. The molecule has 0 heterocycles. The topological polar surface area (TPSA) is 83.8 Å². The first-order valence-electron chi connectivity index (χ1n) is 12.1. The van der Waals surface area contributed by atoms with E-state index in [-0.39, 0.29) is 12.8 Å². The van der Waals surface area contributed by atoms with E-state index in [1.165, 1.54) is 11.1 Å². The second-order valence-electron chi connectivity index (χ2n) is 8.92. The largest absolute Gasteiger partial charge is 0.493 e. The van der Waals surface area contributed by atoms with Crippen LogP contribution in [0.15, 0.2) is 18.2 Å². The molecule has 0 unspecified atom stereocenters. The Labute approximate surface area is 188 Å². The maximum atomic E-state index is 10.6. The third-order valence-electron chi connectivity index (χ3n) is 5.46. The molecule has 0 fully saturated rings. The Hall–Kier alpha value is -2.04. The molecule has 0 spiro atoms. The van der Waals surface area contributed by atoms with Crippen molar-refractivity contribution in [3.8, 4) is 5.75 Å². The number of benzene rings is 1. The van der Waals surface area contributed by atoms with Crippen LogP contribution in [0, 0.1) is 5.92 Å². The highest BCUT2D eigenvalue weighted by Gasteiger charge is 2.11. The average Bonchev–Trinajstić information content (AvgIpc) is 2.71. The summed E-state index contributed by atoms with van der Waals surface area (Å²) in [6.07, 6.45) is 12.7. The molecular weight excluding hydrogens is 392 g/mol. The van der Waals surface area contributed by atoms with Crippen LogP contribution in [-0.2, 0) is 22.4 Å². The van der Waals surface area contributed by atoms with Gasteiger partial charge in [0.1, 0.15) is 5.75 Å². The van der Waals surface area contributed by atoms with Crippen LogP contribution < -0.4 is 4.74 Å². The summed E-state index contributed by atoms with van der Waals surface area (Å²) in [5.74, 6) is 0.0857. The van der Waals surface area contributed by atoms with Crippen molar-refractivity contribution >= 4 is 11.9 Å². The highest BCUT2D eigenvalue weighted by Crippen LogP contribution is 2.27. The van der Waals surface area contributed by atoms with Gasteiger partial charge in [0.2, 0.25) is 0 Å². The van der Waals surface area contributed by atoms with Gasteiger partial charge in [0.05, 0.1) is 6.61 Å². The van der Waals surface area contributed by atoms with E-state index in [4.69, 9.17) is 14.9 Å². The molecule has 2 N–H and O–H groups in total. The Morgan fingerprint density at radius 1 is 0.774 bits per heavy atom. The zero-order valence-electron chi connectivity index (χ0n) is 19.5. The maximum Gasteiger partial charge on any atom is 0.303 e. The summed E-state index contributed by atoms with van der Waals surface area (Å²) in [7, 11) is 0. The van der Waals surface area contributed by atoms with Gasteiger partial charge in [-0.25, -0.2) is 0 Å². The van der Waals surface area contributed by atoms with Crippen LogP contribution in [0.25, 0.3) is 0 Å². The lowest BCUT2D eigenvalue weighted by molar-refractivity contribution is -0.138. The van der Waals surface area contributed by atoms with Crippen LogP contribution in [-0.4, -0.2) is 28.8 Å². The van der Waals surface area contributed by atoms with Crippen molar-refractivity contribution in [1.82, 2.24) is 0 Å². The molecule has 0 amide bonds. The van der Waals surface area contributed by atoms with Crippen molar-refractivity contribution in [3.63, 3.8) is 0 Å². The van der Waals surface area contributed by atoms with Crippen LogP contribution in [0.3, 0.4) is 0 Å². The number of rotatable bonds is 19. The van der Waals surface area contributed by atoms with E-state index in [1.54, 1.807) is 0 Å². The number of ether oxygens (including phenoxy) is 1. The number of aryl methyl sites for hydroxylation is 1. The molecule has 1 aromatic rings. The molecule has 0 bridgehead atoms. The van der Waals surface area contributed by atoms with Crippen LogP contribution in [0.1, 0.15) is 102 Å². The number of carboxylic acids is 2. The summed E-state index contributed by atoms with van der Waals surface area (Å²) < 4.78 is 6.12. The minimum absolute atomic E-state index is 0.270. The van der Waals surface area contributed by atoms with E-state index in [9.17, 15) is 9.59 Å². The molecule has 5 nitrogen and oxygen atoms in total. The molecule has 0 radical (unpaired) electrons. The first kappa shape index (κ1) is 27.0. The maximum absolute atomic E-state index is 10.6. The van der Waals surface area contributed by atoms with Crippen molar-refractivity contribution in [2.24, 2.45) is 5.92 Å². The van der Waals surface area contributed by atoms with Gasteiger partial charge < -0.3 is 14.9 Å². The van der Waals surface area contributed by atoms with Gasteiger partial charge in [0.25, 0.3) is 0 Å². The highest BCUT2D eigenvalue weighted by molar-refractivity contribution is 5.66. The summed E-state index contributed by atoms with van der Waals surface area (Å²) in [6, 6.07) is 6.39. The van der Waals surface area contributed by atoms with Gasteiger partial charge in [-0.2, -0.15) is 0 Å². The number of aliphatic carboxylic acids is 2. The number of unbranched alkanes of at least 4 members (excludes halogenated alkanes) is 8. The van der Waals surface area contributed by atoms with Crippen molar-refractivity contribution in [1.29, 1.82) is 0 Å². The van der Waals surface area contributed by atoms with Crippen molar-refractivity contribution in [3.05, 3.63) is 29.3 Å². The smallest absolute Gasteiger partial charge is 0.303 e. The normalized spacial score (nSPS) is 11.1. The molecule has 0 aliphatic carbocycles. The minimum Gasteiger partial charge on any atom is -0.493 e. The number of hydrogen-bond donors (Lipinski definition) is 2. The zero-order chi connectivity index (χ0) is 22.9. The highest BCUT2D eigenvalue weighted by atomic mass is 16.5. The van der Waals surface area contributed by atoms with E-state index < -0.39 is 11.9 Å². The Morgan fingerprint density at radius 2 is 1.29 bits per heavy atom. The van der Waals surface area contributed by atoms with Crippen LogP contribution in [0.5, 0.6) is 5.75 Å². The van der Waals surface area contributed by atoms with Gasteiger partial charge in [-0.1, -0.05) is 64.5 Å². The fourth-order valence-electron chi connectivity index (χ4n) is 3.75. The van der Waals surface area contributed by atoms with E-state index >= 15 is 0 Å². The first-order chi connectivity index (χ1) is 14.9. The lowest BCUT2D eigenvalue weighted by atomic mass is 9.95. The third kappa shape index (κ3) is 13.8. The second-order valence-corrected chi connectivity index (χ2v) is 8.92. The monoisotopic (exact) mass is 434 g/mol. The summed E-state index contributed by atoms with van der Waals surface area (Å²) in [6.45, 7) is 5.03. The predicted octanol–water partition coefficient (Wildman–Crippen LogP) is 6.66. The molecule has 5 heteroatoms. The molecule has 1 rings (SSSR count). The van der Waals surface area contributed by atoms with Gasteiger partial charge >= 0.3 is 11.9 Å². The molecule has 0 atom stereocenters. The average molecular weight is 435 g/mol.